The number of ketones is 1. The lowest BCUT2D eigenvalue weighted by molar-refractivity contribution is 0.0516. The number of nitrogens with two attached hydrogens (primary N) is 1. The van der Waals surface area contributed by atoms with Crippen LogP contribution in [0.5, 0.6) is 0 Å². The van der Waals surface area contributed by atoms with E-state index in [1.54, 1.807) is 30.3 Å². The number of para-hydroxylation sites is 1. The third-order valence-corrected chi connectivity index (χ3v) is 8.16. The highest BCUT2D eigenvalue weighted by molar-refractivity contribution is 8.03. The van der Waals surface area contributed by atoms with Crippen LogP contribution in [0.2, 0.25) is 0 Å². The summed E-state index contributed by atoms with van der Waals surface area (Å²) in [6.45, 7) is 4.26. The van der Waals surface area contributed by atoms with Gasteiger partial charge in [-0.1, -0.05) is 143 Å². The molecule has 14 heteroatoms. The van der Waals surface area contributed by atoms with Crippen LogP contribution in [0.3, 0.4) is 0 Å². The number of hydrogen-bond donors (Lipinski definition) is 1. The highest BCUT2D eigenvalue weighted by Gasteiger charge is 2.33. The molecule has 0 fully saturated rings. The van der Waals surface area contributed by atoms with E-state index < -0.39 is 19.4 Å². The zero-order valence-corrected chi connectivity index (χ0v) is 27.9. The maximum atomic E-state index is 12.9. The molecule has 1 aliphatic heterocycles. The Morgan fingerprint density at radius 2 is 1.45 bits per heavy atom. The van der Waals surface area contributed by atoms with Gasteiger partial charge in [0.25, 0.3) is 0 Å². The van der Waals surface area contributed by atoms with Crippen LogP contribution in [0, 0.1) is 0 Å². The molecule has 0 radical (unpaired) electrons. The Bertz CT molecular complexity index is 1650. The van der Waals surface area contributed by atoms with Crippen molar-refractivity contribution in [2.75, 3.05) is 18.1 Å². The van der Waals surface area contributed by atoms with Crippen molar-refractivity contribution in [2.45, 2.75) is 12.5 Å². The Morgan fingerprint density at radius 3 is 2.09 bits per heavy atom. The average molecular weight is 731 g/mol. The Balaban J connectivity index is 1.43. The number of amidine groups is 2. The van der Waals surface area contributed by atoms with Crippen LogP contribution in [-0.2, 0) is 4.74 Å². The molecule has 0 aliphatic carbocycles. The summed E-state index contributed by atoms with van der Waals surface area (Å²) >= 11 is 36.5. The third-order valence-electron chi connectivity index (χ3n) is 5.96. The molecule has 44 heavy (non-hydrogen) atoms. The fourth-order valence-corrected chi connectivity index (χ4v) is 5.32. The summed E-state index contributed by atoms with van der Waals surface area (Å²) in [5.74, 6) is -1.49. The Hall–Kier alpha value is -2.69. The van der Waals surface area contributed by atoms with Crippen LogP contribution in [0.15, 0.2) is 111 Å². The monoisotopic (exact) mass is 728 g/mol. The molecule has 0 saturated heterocycles. The van der Waals surface area contributed by atoms with E-state index in [2.05, 4.69) is 16.6 Å². The summed E-state index contributed by atoms with van der Waals surface area (Å²) in [5.41, 5.74) is 8.10. The van der Waals surface area contributed by atoms with E-state index in [0.717, 1.165) is 15.6 Å². The second-order valence-corrected chi connectivity index (χ2v) is 14.6. The molecule has 1 heterocycles. The first kappa shape index (κ1) is 34.2. The van der Waals surface area contributed by atoms with Gasteiger partial charge < -0.3 is 15.4 Å². The average Bonchev–Trinajstić information content (AvgIpc) is 3.32. The lowest BCUT2D eigenvalue weighted by Gasteiger charge is -2.20. The van der Waals surface area contributed by atoms with Gasteiger partial charge in [0.1, 0.15) is 6.61 Å². The second kappa shape index (κ2) is 14.6. The predicted molar refractivity (Wildman–Crippen MR) is 184 cm³/mol. The van der Waals surface area contributed by atoms with Crippen molar-refractivity contribution in [1.29, 1.82) is 0 Å². The van der Waals surface area contributed by atoms with Crippen LogP contribution in [0.25, 0.3) is 5.70 Å². The van der Waals surface area contributed by atoms with Gasteiger partial charge in [0.15, 0.2) is 17.5 Å². The number of halogens is 6. The molecular weight excluding hydrogens is 709 g/mol. The number of nitrogens with zero attached hydrogens (tertiary/aromatic N) is 3. The largest absolute Gasteiger partial charge is 0.460 e. The number of hydrogen-bond acceptors (Lipinski definition) is 6. The summed E-state index contributed by atoms with van der Waals surface area (Å²) in [4.78, 5) is 36.6. The quantitative estimate of drug-likeness (QED) is 0.0623. The van der Waals surface area contributed by atoms with E-state index in [-0.39, 0.29) is 29.5 Å². The number of rotatable bonds is 8. The molecule has 2 N–H and O–H groups in total. The van der Waals surface area contributed by atoms with Crippen LogP contribution in [0.4, 0.5) is 5.69 Å². The van der Waals surface area contributed by atoms with E-state index in [4.69, 9.17) is 80.1 Å². The number of allylic oxidation sites excluding steroid dienone is 1. The van der Waals surface area contributed by atoms with Crippen molar-refractivity contribution in [1.82, 2.24) is 0 Å². The smallest absolute Gasteiger partial charge is 0.338 e. The SMILES string of the molecule is C=C(/N=C(\N=C(/N)C(Cl)(Cl)Cl)C(Cl)(Cl)Cl)c1ccc(C(=O)OCCN2/C(=C/C(=O)c3ccccc3)Sc3ccccc32)cc1. The molecule has 0 bridgehead atoms. The van der Waals surface area contributed by atoms with Crippen LogP contribution in [0.1, 0.15) is 26.3 Å². The number of thioether (sulfide) groups is 1. The molecule has 3 aromatic rings. The number of alkyl halides is 6. The highest BCUT2D eigenvalue weighted by Crippen LogP contribution is 2.45. The highest BCUT2D eigenvalue weighted by atomic mass is 35.6. The van der Waals surface area contributed by atoms with Gasteiger partial charge in [-0.3, -0.25) is 4.79 Å². The van der Waals surface area contributed by atoms with Gasteiger partial charge in [0, 0.05) is 16.5 Å². The summed E-state index contributed by atoms with van der Waals surface area (Å²) in [7, 11) is 0. The first-order valence-corrected chi connectivity index (χ1v) is 15.7. The number of benzene rings is 3. The topological polar surface area (TPSA) is 97.3 Å². The molecule has 0 atom stereocenters. The maximum Gasteiger partial charge on any atom is 0.338 e. The lowest BCUT2D eigenvalue weighted by Crippen LogP contribution is -2.31. The van der Waals surface area contributed by atoms with Gasteiger partial charge in [-0.25, -0.2) is 14.8 Å². The summed E-state index contributed by atoms with van der Waals surface area (Å²) in [6.07, 6.45) is 1.60. The van der Waals surface area contributed by atoms with Gasteiger partial charge in [-0.15, -0.1) is 0 Å². The van der Waals surface area contributed by atoms with Crippen molar-refractivity contribution in [3.63, 3.8) is 0 Å². The molecule has 1 aliphatic rings. The number of carbonyl (C=O) groups is 2. The molecule has 0 spiro atoms. The third kappa shape index (κ3) is 8.95. The van der Waals surface area contributed by atoms with Gasteiger partial charge in [-0.2, -0.15) is 0 Å². The van der Waals surface area contributed by atoms with E-state index >= 15 is 0 Å². The minimum atomic E-state index is -2.11. The zero-order chi connectivity index (χ0) is 32.1. The van der Waals surface area contributed by atoms with E-state index in [1.165, 1.54) is 23.9 Å². The molecule has 228 valence electrons. The van der Waals surface area contributed by atoms with Crippen LogP contribution >= 0.6 is 81.4 Å². The molecular formula is C30H22Cl6N4O3S. The van der Waals surface area contributed by atoms with Crippen LogP contribution < -0.4 is 10.6 Å². The van der Waals surface area contributed by atoms with Gasteiger partial charge in [0.05, 0.1) is 28.5 Å². The number of ether oxygens (including phenoxy) is 1. The van der Waals surface area contributed by atoms with Gasteiger partial charge >= 0.3 is 5.97 Å². The Morgan fingerprint density at radius 1 is 0.841 bits per heavy atom. The van der Waals surface area contributed by atoms with Crippen molar-refractivity contribution >= 4 is 116 Å². The summed E-state index contributed by atoms with van der Waals surface area (Å²) in [5, 5.41) is 0.744. The normalized spacial score (nSPS) is 14.9. The van der Waals surface area contributed by atoms with Crippen LogP contribution in [-0.4, -0.2) is 44.2 Å². The summed E-state index contributed by atoms with van der Waals surface area (Å²) < 4.78 is 1.40. The van der Waals surface area contributed by atoms with Crippen molar-refractivity contribution in [3.05, 3.63) is 113 Å². The number of fused-ring (bicyclic) bond motifs is 1. The molecule has 0 unspecified atom stereocenters. The Labute approximate surface area is 288 Å². The fraction of sp³-hybridized carbons (Fsp3) is 0.133. The molecule has 0 saturated carbocycles. The first-order valence-electron chi connectivity index (χ1n) is 12.6. The first-order chi connectivity index (χ1) is 20.7. The number of esters is 1. The zero-order valence-electron chi connectivity index (χ0n) is 22.5. The fourth-order valence-electron chi connectivity index (χ4n) is 3.82. The predicted octanol–water partition coefficient (Wildman–Crippen LogP) is 8.65. The Kier molecular flexibility index (Phi) is 11.3. The van der Waals surface area contributed by atoms with Gasteiger partial charge in [-0.05, 0) is 29.8 Å². The minimum absolute atomic E-state index is 0.0680. The van der Waals surface area contributed by atoms with Crippen molar-refractivity contribution in [2.24, 2.45) is 15.7 Å². The minimum Gasteiger partial charge on any atom is -0.460 e. The lowest BCUT2D eigenvalue weighted by atomic mass is 10.1. The molecule has 0 aromatic heterocycles. The standard InChI is InChI=1S/C30H22Cl6N4O3S/c1-18(38-28(30(34,35)36)39-27(37)29(31,32)33)19-11-13-21(14-12-19)26(42)43-16-15-40-22-9-5-6-10-24(22)44-25(40)17-23(41)20-7-3-2-4-8-20/h2-14,17H,1,15-16H2,(H2,37,38,39)/b25-17-. The summed E-state index contributed by atoms with van der Waals surface area (Å²) in [6, 6.07) is 23.0. The number of aliphatic imine (C=N–C) groups is 2. The van der Waals surface area contributed by atoms with E-state index in [1.807, 2.05) is 47.4 Å². The molecule has 0 amide bonds. The second-order valence-electron chi connectivity index (χ2n) is 9.02. The molecule has 3 aromatic carbocycles. The molecule has 7 nitrogen and oxygen atoms in total. The maximum absolute atomic E-state index is 12.9. The van der Waals surface area contributed by atoms with Gasteiger partial charge in [0.2, 0.25) is 7.59 Å². The van der Waals surface area contributed by atoms with E-state index in [9.17, 15) is 9.59 Å². The van der Waals surface area contributed by atoms with Crippen molar-refractivity contribution < 1.29 is 14.3 Å². The number of anilines is 1. The number of carbonyl (C=O) groups excluding carboxylic acids is 2. The molecule has 4 rings (SSSR count). The van der Waals surface area contributed by atoms with Crippen molar-refractivity contribution in [3.8, 4) is 0 Å². The van der Waals surface area contributed by atoms with E-state index in [0.29, 0.717) is 17.7 Å².